The summed E-state index contributed by atoms with van der Waals surface area (Å²) in [7, 11) is 2.88. The molecule has 5 heteroatoms. The van der Waals surface area contributed by atoms with Crippen LogP contribution in [0.25, 0.3) is 0 Å². The van der Waals surface area contributed by atoms with Gasteiger partial charge in [0.05, 0.1) is 20.1 Å². The summed E-state index contributed by atoms with van der Waals surface area (Å²) in [6.45, 7) is 6.13. The molecule has 2 aromatic rings. The van der Waals surface area contributed by atoms with Crippen molar-refractivity contribution in [2.24, 2.45) is 5.92 Å². The fraction of sp³-hybridized carbons (Fsp3) is 0.364. The van der Waals surface area contributed by atoms with Gasteiger partial charge in [-0.2, -0.15) is 0 Å². The van der Waals surface area contributed by atoms with Crippen LogP contribution >= 0.6 is 0 Å². The van der Waals surface area contributed by atoms with Gasteiger partial charge in [0.15, 0.2) is 11.5 Å². The van der Waals surface area contributed by atoms with Gasteiger partial charge in [-0.25, -0.2) is 0 Å². The molecule has 0 saturated carbocycles. The van der Waals surface area contributed by atoms with Crippen molar-refractivity contribution in [1.82, 2.24) is 0 Å². The van der Waals surface area contributed by atoms with Gasteiger partial charge >= 0.3 is 5.97 Å². The maximum atomic E-state index is 12.7. The maximum absolute atomic E-state index is 12.7. The van der Waals surface area contributed by atoms with Gasteiger partial charge < -0.3 is 14.2 Å². The lowest BCUT2D eigenvalue weighted by molar-refractivity contribution is -0.135. The number of hydrogen-bond donors (Lipinski definition) is 0. The Balaban J connectivity index is 2.22. The normalized spacial score (nSPS) is 11.8. The largest absolute Gasteiger partial charge is 0.493 e. The molecule has 0 radical (unpaired) electrons. The molecule has 1 atom stereocenters. The zero-order valence-corrected chi connectivity index (χ0v) is 16.4. The lowest BCUT2D eigenvalue weighted by atomic mass is 9.97. The molecular formula is C22H26O5. The predicted molar refractivity (Wildman–Crippen MR) is 104 cm³/mol. The first kappa shape index (κ1) is 20.5. The molecule has 0 fully saturated rings. The number of hydrogen-bond acceptors (Lipinski definition) is 5. The zero-order chi connectivity index (χ0) is 20.0. The summed E-state index contributed by atoms with van der Waals surface area (Å²) in [5, 5.41) is 0. The van der Waals surface area contributed by atoms with Crippen molar-refractivity contribution < 1.29 is 23.8 Å². The molecule has 0 saturated heterocycles. The Kier molecular flexibility index (Phi) is 6.99. The van der Waals surface area contributed by atoms with Crippen LogP contribution < -0.4 is 14.2 Å². The minimum absolute atomic E-state index is 0.166. The molecule has 0 amide bonds. The molecule has 0 spiro atoms. The van der Waals surface area contributed by atoms with E-state index in [4.69, 9.17) is 14.2 Å². The van der Waals surface area contributed by atoms with Crippen LogP contribution in [0.15, 0.2) is 36.4 Å². The van der Waals surface area contributed by atoms with Gasteiger partial charge in [0.25, 0.3) is 0 Å². The highest BCUT2D eigenvalue weighted by molar-refractivity contribution is 5.83. The summed E-state index contributed by atoms with van der Waals surface area (Å²) >= 11 is 0. The molecule has 2 aromatic carbocycles. The standard InChI is InChI=1S/C22H26O5/c1-14(2)10-16-6-8-18(9-7-16)15(3)22(24)27-21-19(25-4)11-17(13-23)12-20(21)26-5/h6-9,11-15H,10H2,1-5H3. The number of rotatable bonds is 8. The first-order valence-corrected chi connectivity index (χ1v) is 8.91. The molecular weight excluding hydrogens is 344 g/mol. The van der Waals surface area contributed by atoms with E-state index in [0.717, 1.165) is 12.0 Å². The quantitative estimate of drug-likeness (QED) is 0.391. The number of ether oxygens (including phenoxy) is 3. The van der Waals surface area contributed by atoms with Crippen molar-refractivity contribution in [3.8, 4) is 17.2 Å². The first-order chi connectivity index (χ1) is 12.9. The van der Waals surface area contributed by atoms with E-state index in [2.05, 4.69) is 13.8 Å². The van der Waals surface area contributed by atoms with Gasteiger partial charge in [-0.1, -0.05) is 38.1 Å². The average molecular weight is 370 g/mol. The lowest BCUT2D eigenvalue weighted by Crippen LogP contribution is -2.17. The van der Waals surface area contributed by atoms with Crippen LogP contribution in [0.4, 0.5) is 0 Å². The highest BCUT2D eigenvalue weighted by Gasteiger charge is 2.23. The molecule has 27 heavy (non-hydrogen) atoms. The van der Waals surface area contributed by atoms with Gasteiger partial charge in [0.1, 0.15) is 6.29 Å². The van der Waals surface area contributed by atoms with Gasteiger partial charge in [-0.05, 0) is 42.5 Å². The summed E-state index contributed by atoms with van der Waals surface area (Å²) in [4.78, 5) is 23.7. The first-order valence-electron chi connectivity index (χ1n) is 8.91. The molecule has 2 rings (SSSR count). The molecule has 5 nitrogen and oxygen atoms in total. The molecule has 0 aliphatic carbocycles. The van der Waals surface area contributed by atoms with Crippen molar-refractivity contribution in [3.05, 3.63) is 53.1 Å². The molecule has 0 bridgehead atoms. The van der Waals surface area contributed by atoms with E-state index in [-0.39, 0.29) is 17.2 Å². The average Bonchev–Trinajstić information content (AvgIpc) is 2.67. The van der Waals surface area contributed by atoms with E-state index in [1.54, 1.807) is 6.92 Å². The third-order valence-electron chi connectivity index (χ3n) is 4.30. The summed E-state index contributed by atoms with van der Waals surface area (Å²) in [6, 6.07) is 11.0. The maximum Gasteiger partial charge on any atom is 0.318 e. The second kappa shape index (κ2) is 9.21. The monoisotopic (exact) mass is 370 g/mol. The number of esters is 1. The number of methoxy groups -OCH3 is 2. The Morgan fingerprint density at radius 2 is 1.56 bits per heavy atom. The second-order valence-corrected chi connectivity index (χ2v) is 6.85. The third-order valence-corrected chi connectivity index (χ3v) is 4.30. The molecule has 0 aromatic heterocycles. The van der Waals surface area contributed by atoms with Crippen molar-refractivity contribution in [2.45, 2.75) is 33.1 Å². The van der Waals surface area contributed by atoms with E-state index in [1.165, 1.54) is 31.9 Å². The van der Waals surface area contributed by atoms with E-state index in [1.807, 2.05) is 24.3 Å². The van der Waals surface area contributed by atoms with Crippen LogP contribution in [0.3, 0.4) is 0 Å². The summed E-state index contributed by atoms with van der Waals surface area (Å²) in [5.74, 6) is 0.389. The predicted octanol–water partition coefficient (Wildman–Crippen LogP) is 4.42. The SMILES string of the molecule is COc1cc(C=O)cc(OC)c1OC(=O)C(C)c1ccc(CC(C)C)cc1. The van der Waals surface area contributed by atoms with E-state index < -0.39 is 11.9 Å². The minimum atomic E-state index is -0.460. The smallest absolute Gasteiger partial charge is 0.318 e. The number of carbonyl (C=O) groups is 2. The minimum Gasteiger partial charge on any atom is -0.493 e. The molecule has 0 aliphatic rings. The molecule has 0 heterocycles. The highest BCUT2D eigenvalue weighted by atomic mass is 16.6. The van der Waals surface area contributed by atoms with Gasteiger partial charge in [0, 0.05) is 5.56 Å². The Morgan fingerprint density at radius 3 is 2.00 bits per heavy atom. The molecule has 0 aliphatic heterocycles. The Labute approximate surface area is 160 Å². The van der Waals surface area contributed by atoms with Gasteiger partial charge in [0.2, 0.25) is 5.75 Å². The Bertz CT molecular complexity index is 768. The Morgan fingerprint density at radius 1 is 1.00 bits per heavy atom. The van der Waals surface area contributed by atoms with Crippen LogP contribution in [0.2, 0.25) is 0 Å². The summed E-state index contributed by atoms with van der Waals surface area (Å²) < 4.78 is 16.1. The third kappa shape index (κ3) is 5.09. The van der Waals surface area contributed by atoms with Crippen molar-refractivity contribution in [3.63, 3.8) is 0 Å². The van der Waals surface area contributed by atoms with Gasteiger partial charge in [-0.15, -0.1) is 0 Å². The van der Waals surface area contributed by atoms with Crippen LogP contribution in [0, 0.1) is 5.92 Å². The second-order valence-electron chi connectivity index (χ2n) is 6.85. The fourth-order valence-corrected chi connectivity index (χ4v) is 2.81. The van der Waals surface area contributed by atoms with Crippen LogP contribution in [-0.4, -0.2) is 26.5 Å². The lowest BCUT2D eigenvalue weighted by Gasteiger charge is -2.17. The van der Waals surface area contributed by atoms with Crippen molar-refractivity contribution in [1.29, 1.82) is 0 Å². The topological polar surface area (TPSA) is 61.8 Å². The summed E-state index contributed by atoms with van der Waals surface area (Å²) in [5.41, 5.74) is 2.48. The number of benzene rings is 2. The fourth-order valence-electron chi connectivity index (χ4n) is 2.81. The van der Waals surface area contributed by atoms with Crippen molar-refractivity contribution in [2.75, 3.05) is 14.2 Å². The highest BCUT2D eigenvalue weighted by Crippen LogP contribution is 2.39. The zero-order valence-electron chi connectivity index (χ0n) is 16.4. The molecule has 144 valence electrons. The Hall–Kier alpha value is -2.82. The molecule has 1 unspecified atom stereocenters. The van der Waals surface area contributed by atoms with E-state index in [0.29, 0.717) is 17.8 Å². The van der Waals surface area contributed by atoms with Crippen LogP contribution in [0.1, 0.15) is 48.2 Å². The van der Waals surface area contributed by atoms with E-state index in [9.17, 15) is 9.59 Å². The van der Waals surface area contributed by atoms with Crippen molar-refractivity contribution >= 4 is 12.3 Å². The number of aldehydes is 1. The number of carbonyl (C=O) groups excluding carboxylic acids is 2. The summed E-state index contributed by atoms with van der Waals surface area (Å²) in [6.07, 6.45) is 1.68. The van der Waals surface area contributed by atoms with E-state index >= 15 is 0 Å². The van der Waals surface area contributed by atoms with Crippen LogP contribution in [-0.2, 0) is 11.2 Å². The molecule has 0 N–H and O–H groups in total. The van der Waals surface area contributed by atoms with Gasteiger partial charge in [-0.3, -0.25) is 9.59 Å². The van der Waals surface area contributed by atoms with Crippen LogP contribution in [0.5, 0.6) is 17.2 Å².